The average Bonchev–Trinajstić information content (AvgIpc) is 3.09. The molecule has 0 aliphatic rings. The fraction of sp³-hybridized carbons (Fsp3) is 0.105. The van der Waals surface area contributed by atoms with Crippen LogP contribution in [0, 0.1) is 6.92 Å². The molecule has 3 rings (SSSR count). The highest BCUT2D eigenvalue weighted by Gasteiger charge is 2.22. The van der Waals surface area contributed by atoms with Crippen LogP contribution in [-0.4, -0.2) is 21.4 Å². The number of nitrogens with one attached hydrogen (secondary N) is 2. The van der Waals surface area contributed by atoms with Gasteiger partial charge in [-0.25, -0.2) is 8.42 Å². The number of carbonyl (C=O) groups is 1. The van der Waals surface area contributed by atoms with E-state index in [4.69, 9.17) is 16.3 Å². The Balaban J connectivity index is 1.93. The van der Waals surface area contributed by atoms with E-state index in [2.05, 4.69) is 10.0 Å². The Morgan fingerprint density at radius 1 is 1.14 bits per heavy atom. The number of sulfonamides is 1. The monoisotopic (exact) mass is 436 g/mol. The molecule has 3 aromatic rings. The molecule has 2 aromatic carbocycles. The van der Waals surface area contributed by atoms with Crippen molar-refractivity contribution in [3.8, 4) is 5.75 Å². The van der Waals surface area contributed by atoms with Crippen molar-refractivity contribution in [2.75, 3.05) is 17.1 Å². The van der Waals surface area contributed by atoms with Crippen molar-refractivity contribution < 1.29 is 17.9 Å². The second kappa shape index (κ2) is 8.22. The Kier molecular flexibility index (Phi) is 5.93. The molecule has 0 radical (unpaired) electrons. The molecule has 1 aromatic heterocycles. The number of aryl methyl sites for hydroxylation is 1. The maximum atomic E-state index is 12.9. The lowest BCUT2D eigenvalue weighted by Crippen LogP contribution is -2.16. The van der Waals surface area contributed by atoms with E-state index in [0.29, 0.717) is 10.6 Å². The van der Waals surface area contributed by atoms with Crippen LogP contribution in [0.25, 0.3) is 0 Å². The molecule has 6 nitrogen and oxygen atoms in total. The van der Waals surface area contributed by atoms with Crippen molar-refractivity contribution in [2.24, 2.45) is 0 Å². The van der Waals surface area contributed by atoms with Gasteiger partial charge in [-0.3, -0.25) is 9.52 Å². The second-order valence-electron chi connectivity index (χ2n) is 5.84. The number of thiophene rings is 1. The fourth-order valence-corrected chi connectivity index (χ4v) is 4.84. The molecule has 0 fully saturated rings. The van der Waals surface area contributed by atoms with Crippen LogP contribution in [0.1, 0.15) is 15.2 Å². The highest BCUT2D eigenvalue weighted by molar-refractivity contribution is 7.92. The highest BCUT2D eigenvalue weighted by atomic mass is 35.5. The van der Waals surface area contributed by atoms with E-state index in [1.54, 1.807) is 30.3 Å². The van der Waals surface area contributed by atoms with Crippen LogP contribution in [0.2, 0.25) is 5.02 Å². The maximum Gasteiger partial charge on any atom is 0.265 e. The Morgan fingerprint density at radius 3 is 2.54 bits per heavy atom. The van der Waals surface area contributed by atoms with E-state index < -0.39 is 10.0 Å². The summed E-state index contributed by atoms with van der Waals surface area (Å²) in [7, 11) is -2.63. The summed E-state index contributed by atoms with van der Waals surface area (Å²) < 4.78 is 33.4. The summed E-state index contributed by atoms with van der Waals surface area (Å²) in [6.07, 6.45) is 0. The van der Waals surface area contributed by atoms with Gasteiger partial charge in [0.2, 0.25) is 0 Å². The van der Waals surface area contributed by atoms with Crippen molar-refractivity contribution in [1.29, 1.82) is 0 Å². The largest absolute Gasteiger partial charge is 0.495 e. The van der Waals surface area contributed by atoms with Crippen molar-refractivity contribution in [2.45, 2.75) is 11.8 Å². The van der Waals surface area contributed by atoms with Crippen LogP contribution in [0.5, 0.6) is 5.75 Å². The smallest absolute Gasteiger partial charge is 0.265 e. The third-order valence-corrected chi connectivity index (χ3v) is 6.63. The molecule has 0 unspecified atom stereocenters. The highest BCUT2D eigenvalue weighted by Crippen LogP contribution is 2.31. The van der Waals surface area contributed by atoms with Crippen LogP contribution in [-0.2, 0) is 10.0 Å². The van der Waals surface area contributed by atoms with Crippen LogP contribution >= 0.6 is 22.9 Å². The fourth-order valence-electron chi connectivity index (χ4n) is 2.50. The standard InChI is InChI=1S/C19H17ClN2O4S2/c1-12-9-10-27-18(12)19(23)21-13-7-8-16(26-2)17(11-13)28(24,25)22-15-6-4-3-5-14(15)20/h3-11,22H,1-2H3,(H,21,23). The van der Waals surface area contributed by atoms with Crippen molar-refractivity contribution in [1.82, 2.24) is 0 Å². The zero-order chi connectivity index (χ0) is 20.3. The minimum atomic E-state index is -4.01. The number of para-hydroxylation sites is 1. The summed E-state index contributed by atoms with van der Waals surface area (Å²) in [5.41, 5.74) is 1.43. The molecule has 1 heterocycles. The Labute approximate surface area is 172 Å². The summed E-state index contributed by atoms with van der Waals surface area (Å²) in [4.78, 5) is 12.9. The Hall–Kier alpha value is -2.55. The van der Waals surface area contributed by atoms with Gasteiger partial charge in [0.15, 0.2) is 0 Å². The molecule has 0 aliphatic heterocycles. The molecule has 0 saturated carbocycles. The first-order chi connectivity index (χ1) is 13.3. The first-order valence-electron chi connectivity index (χ1n) is 8.12. The molecule has 0 saturated heterocycles. The zero-order valence-electron chi connectivity index (χ0n) is 15.0. The zero-order valence-corrected chi connectivity index (χ0v) is 17.4. The van der Waals surface area contributed by atoms with Gasteiger partial charge in [0.1, 0.15) is 10.6 Å². The second-order valence-corrected chi connectivity index (χ2v) is 8.81. The van der Waals surface area contributed by atoms with E-state index >= 15 is 0 Å². The molecule has 0 bridgehead atoms. The lowest BCUT2D eigenvalue weighted by Gasteiger charge is -2.14. The molecular formula is C19H17ClN2O4S2. The minimum Gasteiger partial charge on any atom is -0.495 e. The summed E-state index contributed by atoms with van der Waals surface area (Å²) in [6.45, 7) is 1.84. The Bertz CT molecular complexity index is 1130. The van der Waals surface area contributed by atoms with Gasteiger partial charge in [-0.15, -0.1) is 11.3 Å². The SMILES string of the molecule is COc1ccc(NC(=O)c2sccc2C)cc1S(=O)(=O)Nc1ccccc1Cl. The van der Waals surface area contributed by atoms with Gasteiger partial charge in [0, 0.05) is 5.69 Å². The van der Waals surface area contributed by atoms with E-state index in [-0.39, 0.29) is 27.3 Å². The topological polar surface area (TPSA) is 84.5 Å². The summed E-state index contributed by atoms with van der Waals surface area (Å²) in [5, 5.41) is 4.81. The molecule has 2 N–H and O–H groups in total. The Morgan fingerprint density at radius 2 is 1.89 bits per heavy atom. The van der Waals surface area contributed by atoms with Gasteiger partial charge in [-0.05, 0) is 54.3 Å². The number of benzene rings is 2. The summed E-state index contributed by atoms with van der Waals surface area (Å²) in [6, 6.07) is 12.8. The normalized spacial score (nSPS) is 11.1. The van der Waals surface area contributed by atoms with E-state index in [9.17, 15) is 13.2 Å². The van der Waals surface area contributed by atoms with Gasteiger partial charge in [-0.1, -0.05) is 23.7 Å². The number of hydrogen-bond donors (Lipinski definition) is 2. The number of ether oxygens (including phenoxy) is 1. The van der Waals surface area contributed by atoms with Crippen LogP contribution < -0.4 is 14.8 Å². The van der Waals surface area contributed by atoms with E-state index in [1.165, 1.54) is 30.6 Å². The predicted molar refractivity (Wildman–Crippen MR) is 112 cm³/mol. The van der Waals surface area contributed by atoms with Gasteiger partial charge >= 0.3 is 0 Å². The number of methoxy groups -OCH3 is 1. The summed E-state index contributed by atoms with van der Waals surface area (Å²) in [5.74, 6) is -0.162. The molecule has 9 heteroatoms. The van der Waals surface area contributed by atoms with Crippen LogP contribution in [0.15, 0.2) is 58.8 Å². The van der Waals surface area contributed by atoms with E-state index in [1.807, 2.05) is 18.4 Å². The average molecular weight is 437 g/mol. The molecule has 0 aliphatic carbocycles. The molecule has 0 spiro atoms. The lowest BCUT2D eigenvalue weighted by molar-refractivity contribution is 0.103. The van der Waals surface area contributed by atoms with Gasteiger partial charge in [0.05, 0.1) is 22.7 Å². The number of amides is 1. The quantitative estimate of drug-likeness (QED) is 0.582. The minimum absolute atomic E-state index is 0.115. The first kappa shape index (κ1) is 20.2. The van der Waals surface area contributed by atoms with Gasteiger partial charge in [0.25, 0.3) is 15.9 Å². The molecule has 146 valence electrons. The van der Waals surface area contributed by atoms with Crippen molar-refractivity contribution in [3.63, 3.8) is 0 Å². The number of hydrogen-bond acceptors (Lipinski definition) is 5. The molecular weight excluding hydrogens is 420 g/mol. The van der Waals surface area contributed by atoms with Gasteiger partial charge in [-0.2, -0.15) is 0 Å². The lowest BCUT2D eigenvalue weighted by atomic mass is 10.2. The van der Waals surface area contributed by atoms with Gasteiger partial charge < -0.3 is 10.1 Å². The van der Waals surface area contributed by atoms with Crippen molar-refractivity contribution >= 4 is 50.2 Å². The summed E-state index contributed by atoms with van der Waals surface area (Å²) >= 11 is 7.37. The number of halogens is 1. The molecule has 0 atom stereocenters. The van der Waals surface area contributed by atoms with Crippen LogP contribution in [0.3, 0.4) is 0 Å². The number of rotatable bonds is 6. The van der Waals surface area contributed by atoms with Crippen LogP contribution in [0.4, 0.5) is 11.4 Å². The third-order valence-electron chi connectivity index (χ3n) is 3.90. The van der Waals surface area contributed by atoms with Crippen molar-refractivity contribution in [3.05, 3.63) is 69.4 Å². The first-order valence-corrected chi connectivity index (χ1v) is 10.9. The van der Waals surface area contributed by atoms with E-state index in [0.717, 1.165) is 5.56 Å². The number of anilines is 2. The predicted octanol–water partition coefficient (Wildman–Crippen LogP) is 4.77. The molecule has 28 heavy (non-hydrogen) atoms. The third kappa shape index (κ3) is 4.30. The maximum absolute atomic E-state index is 12.9. The number of carbonyl (C=O) groups excluding carboxylic acids is 1. The molecule has 1 amide bonds.